The molecule has 0 bridgehead atoms. The molecule has 6 atom stereocenters. The summed E-state index contributed by atoms with van der Waals surface area (Å²) in [6.45, 7) is 3.48. The van der Waals surface area contributed by atoms with Crippen molar-refractivity contribution in [3.63, 3.8) is 0 Å². The highest BCUT2D eigenvalue weighted by molar-refractivity contribution is 5.73. The zero-order valence-electron chi connectivity index (χ0n) is 32.4. The second kappa shape index (κ2) is 32.8. The van der Waals surface area contributed by atoms with Gasteiger partial charge in [0.05, 0.1) is 6.61 Å². The lowest BCUT2D eigenvalue weighted by molar-refractivity contribution is -0.298. The van der Waals surface area contributed by atoms with Crippen molar-refractivity contribution in [2.75, 3.05) is 13.2 Å². The van der Waals surface area contributed by atoms with E-state index in [1.54, 1.807) is 0 Å². The average molecular weight is 759 g/mol. The smallest absolute Gasteiger partial charge is 0.335 e. The van der Waals surface area contributed by atoms with Crippen molar-refractivity contribution >= 4 is 17.9 Å². The lowest BCUT2D eigenvalue weighted by atomic mass is 9.99. The van der Waals surface area contributed by atoms with Crippen LogP contribution < -0.4 is 0 Å². The molecule has 0 aliphatic carbocycles. The van der Waals surface area contributed by atoms with E-state index in [1.165, 1.54) is 0 Å². The van der Waals surface area contributed by atoms with Gasteiger partial charge in [-0.2, -0.15) is 0 Å². The summed E-state index contributed by atoms with van der Waals surface area (Å²) in [6, 6.07) is 0. The molecular formula is C43H66O11. The number of carbonyl (C=O) groups excluding carboxylic acids is 2. The summed E-state index contributed by atoms with van der Waals surface area (Å²) in [5.74, 6) is -2.56. The molecule has 11 nitrogen and oxygen atoms in total. The minimum atomic E-state index is -1.87. The standard InChI is InChI=1S/C43H66O11/c1-3-5-7-9-11-13-15-17-18-20-21-23-25-27-29-31-36(44)51-33-35(34-52-43-40(48)38(46)39(47)41(54-43)42(49)50)53-37(45)32-30-28-26-24-22-19-16-14-12-10-8-6-4-2/h5-8,11-14,17-19,21-23,35,38-41,43,46-48H,3-4,9-10,15-16,20,24-34H2,1-2H3,(H,49,50)/b7-5-,8-6-,13-11-,14-12-,18-17-,22-19-,23-21-. The third-order valence-corrected chi connectivity index (χ3v) is 8.24. The van der Waals surface area contributed by atoms with Gasteiger partial charge < -0.3 is 39.4 Å². The normalized spacial score (nSPS) is 21.5. The summed E-state index contributed by atoms with van der Waals surface area (Å²) in [6.07, 6.45) is 32.2. The Morgan fingerprint density at radius 2 is 1.04 bits per heavy atom. The van der Waals surface area contributed by atoms with Crippen LogP contribution in [0.25, 0.3) is 0 Å². The van der Waals surface area contributed by atoms with Crippen molar-refractivity contribution in [2.45, 2.75) is 153 Å². The number of hydrogen-bond acceptors (Lipinski definition) is 10. The third-order valence-electron chi connectivity index (χ3n) is 8.24. The average Bonchev–Trinajstić information content (AvgIpc) is 3.15. The maximum Gasteiger partial charge on any atom is 0.335 e. The molecule has 0 aromatic heterocycles. The first kappa shape index (κ1) is 48.4. The van der Waals surface area contributed by atoms with Crippen LogP contribution in [0.2, 0.25) is 0 Å². The van der Waals surface area contributed by atoms with E-state index in [2.05, 4.69) is 98.9 Å². The second-order valence-electron chi connectivity index (χ2n) is 13.0. The zero-order chi connectivity index (χ0) is 39.7. The number of ether oxygens (including phenoxy) is 4. The Labute approximate surface area is 322 Å². The van der Waals surface area contributed by atoms with Crippen molar-refractivity contribution in [1.82, 2.24) is 0 Å². The summed E-state index contributed by atoms with van der Waals surface area (Å²) < 4.78 is 21.6. The van der Waals surface area contributed by atoms with Gasteiger partial charge >= 0.3 is 17.9 Å². The fraction of sp³-hybridized carbons (Fsp3) is 0.605. The molecule has 1 aliphatic rings. The van der Waals surface area contributed by atoms with Gasteiger partial charge in [0.15, 0.2) is 18.5 Å². The van der Waals surface area contributed by atoms with Gasteiger partial charge in [-0.25, -0.2) is 4.79 Å². The Morgan fingerprint density at radius 1 is 0.574 bits per heavy atom. The quantitative estimate of drug-likeness (QED) is 0.0325. The maximum absolute atomic E-state index is 12.7. The molecular weight excluding hydrogens is 692 g/mol. The SMILES string of the molecule is CC/C=C\C/C=C\C/C=C\C/C=C\CCCCC(=O)OCC(COC1OC(C(=O)O)C(O)C(O)C1O)OC(=O)CCCCC/C=C\C/C=C\C/C=C\CC. The molecule has 1 rings (SSSR count). The van der Waals surface area contributed by atoms with Crippen LogP contribution in [-0.2, 0) is 33.3 Å². The molecule has 1 saturated heterocycles. The summed E-state index contributed by atoms with van der Waals surface area (Å²) in [5.41, 5.74) is 0. The molecule has 0 radical (unpaired) electrons. The van der Waals surface area contributed by atoms with Crippen LogP contribution in [0.5, 0.6) is 0 Å². The van der Waals surface area contributed by atoms with E-state index in [9.17, 15) is 34.8 Å². The van der Waals surface area contributed by atoms with Gasteiger partial charge in [0, 0.05) is 12.8 Å². The first-order chi connectivity index (χ1) is 26.2. The topological polar surface area (TPSA) is 169 Å². The van der Waals surface area contributed by atoms with Crippen molar-refractivity contribution in [2.24, 2.45) is 0 Å². The molecule has 1 heterocycles. The molecule has 0 saturated carbocycles. The van der Waals surface area contributed by atoms with Crippen LogP contribution in [0.4, 0.5) is 0 Å². The summed E-state index contributed by atoms with van der Waals surface area (Å²) in [4.78, 5) is 36.6. The van der Waals surface area contributed by atoms with Crippen molar-refractivity contribution in [3.8, 4) is 0 Å². The first-order valence-electron chi connectivity index (χ1n) is 19.6. The summed E-state index contributed by atoms with van der Waals surface area (Å²) in [5, 5.41) is 39.7. The number of carboxylic acids is 1. The number of allylic oxidation sites excluding steroid dienone is 14. The zero-order valence-corrected chi connectivity index (χ0v) is 32.4. The minimum Gasteiger partial charge on any atom is -0.479 e. The fourth-order valence-corrected chi connectivity index (χ4v) is 5.17. The van der Waals surface area contributed by atoms with Gasteiger partial charge in [-0.1, -0.05) is 105 Å². The Hall–Kier alpha value is -3.61. The summed E-state index contributed by atoms with van der Waals surface area (Å²) in [7, 11) is 0. The monoisotopic (exact) mass is 758 g/mol. The van der Waals surface area contributed by atoms with Gasteiger partial charge in [-0.3, -0.25) is 9.59 Å². The third kappa shape index (κ3) is 24.7. The predicted octanol–water partition coefficient (Wildman–Crippen LogP) is 7.53. The molecule has 1 fully saturated rings. The predicted molar refractivity (Wildman–Crippen MR) is 210 cm³/mol. The van der Waals surface area contributed by atoms with Gasteiger partial charge in [0.25, 0.3) is 0 Å². The van der Waals surface area contributed by atoms with Gasteiger partial charge in [-0.05, 0) is 83.5 Å². The molecule has 0 spiro atoms. The number of esters is 2. The van der Waals surface area contributed by atoms with Crippen LogP contribution in [0.3, 0.4) is 0 Å². The number of unbranched alkanes of at least 4 members (excludes halogenated alkanes) is 5. The number of aliphatic hydroxyl groups excluding tert-OH is 3. The van der Waals surface area contributed by atoms with Gasteiger partial charge in [0.1, 0.15) is 24.9 Å². The second-order valence-corrected chi connectivity index (χ2v) is 13.0. The molecule has 4 N–H and O–H groups in total. The highest BCUT2D eigenvalue weighted by Crippen LogP contribution is 2.23. The molecule has 11 heteroatoms. The molecule has 0 amide bonds. The number of carboxylic acid groups (broad SMARTS) is 1. The first-order valence-corrected chi connectivity index (χ1v) is 19.6. The highest BCUT2D eigenvalue weighted by Gasteiger charge is 2.47. The lowest BCUT2D eigenvalue weighted by Crippen LogP contribution is -2.60. The Morgan fingerprint density at radius 3 is 1.56 bits per heavy atom. The Kier molecular flexibility index (Phi) is 29.4. The van der Waals surface area contributed by atoms with E-state index >= 15 is 0 Å². The number of carbonyl (C=O) groups is 3. The molecule has 54 heavy (non-hydrogen) atoms. The minimum absolute atomic E-state index is 0.133. The van der Waals surface area contributed by atoms with Gasteiger partial charge in [-0.15, -0.1) is 0 Å². The maximum atomic E-state index is 12.7. The fourth-order valence-electron chi connectivity index (χ4n) is 5.17. The lowest BCUT2D eigenvalue weighted by Gasteiger charge is -2.38. The molecule has 1 aliphatic heterocycles. The molecule has 6 unspecified atom stereocenters. The van der Waals surface area contributed by atoms with Crippen molar-refractivity contribution < 1.29 is 53.8 Å². The van der Waals surface area contributed by atoms with Crippen LogP contribution >= 0.6 is 0 Å². The Bertz CT molecular complexity index is 1220. The number of aliphatic carboxylic acids is 1. The van der Waals surface area contributed by atoms with E-state index in [1.807, 2.05) is 0 Å². The number of aliphatic hydroxyl groups is 3. The molecule has 0 aromatic rings. The van der Waals surface area contributed by atoms with Crippen LogP contribution in [-0.4, -0.2) is 88.4 Å². The van der Waals surface area contributed by atoms with Gasteiger partial charge in [0.2, 0.25) is 0 Å². The van der Waals surface area contributed by atoms with Crippen LogP contribution in [0.15, 0.2) is 85.1 Å². The number of hydrogen-bond donors (Lipinski definition) is 4. The molecule has 304 valence electrons. The highest BCUT2D eigenvalue weighted by atomic mass is 16.7. The van der Waals surface area contributed by atoms with E-state index in [4.69, 9.17) is 18.9 Å². The van der Waals surface area contributed by atoms with Crippen molar-refractivity contribution in [1.29, 1.82) is 0 Å². The van der Waals surface area contributed by atoms with E-state index in [0.29, 0.717) is 12.8 Å². The van der Waals surface area contributed by atoms with E-state index < -0.39 is 61.3 Å². The molecule has 0 aromatic carbocycles. The Balaban J connectivity index is 2.50. The van der Waals surface area contributed by atoms with Crippen LogP contribution in [0.1, 0.15) is 117 Å². The summed E-state index contributed by atoms with van der Waals surface area (Å²) >= 11 is 0. The van der Waals surface area contributed by atoms with Crippen LogP contribution in [0, 0.1) is 0 Å². The van der Waals surface area contributed by atoms with E-state index in [0.717, 1.165) is 77.0 Å². The van der Waals surface area contributed by atoms with E-state index in [-0.39, 0.29) is 19.4 Å². The number of rotatable bonds is 30. The van der Waals surface area contributed by atoms with Crippen molar-refractivity contribution in [3.05, 3.63) is 85.1 Å². The largest absolute Gasteiger partial charge is 0.479 e.